The van der Waals surface area contributed by atoms with Crippen LogP contribution in [0.1, 0.15) is 30.1 Å². The number of carbonyl (C=O) groups is 1. The molecule has 0 heterocycles. The van der Waals surface area contributed by atoms with Gasteiger partial charge in [-0.05, 0) is 56.0 Å². The van der Waals surface area contributed by atoms with Crippen molar-refractivity contribution in [1.29, 1.82) is 0 Å². The molecular weight excluding hydrogens is 348 g/mol. The molecule has 1 unspecified atom stereocenters. The summed E-state index contributed by atoms with van der Waals surface area (Å²) in [4.78, 5) is 14.6. The van der Waals surface area contributed by atoms with Crippen molar-refractivity contribution < 1.29 is 13.2 Å². The van der Waals surface area contributed by atoms with Gasteiger partial charge in [-0.3, -0.25) is 9.10 Å². The third-order valence-corrected chi connectivity index (χ3v) is 6.88. The van der Waals surface area contributed by atoms with Gasteiger partial charge < -0.3 is 4.90 Å². The van der Waals surface area contributed by atoms with E-state index in [4.69, 9.17) is 0 Å². The summed E-state index contributed by atoms with van der Waals surface area (Å²) in [5, 5.41) is 0. The van der Waals surface area contributed by atoms with Crippen molar-refractivity contribution in [3.63, 3.8) is 0 Å². The van der Waals surface area contributed by atoms with Gasteiger partial charge in [0.15, 0.2) is 0 Å². The molecule has 0 aromatic heterocycles. The van der Waals surface area contributed by atoms with Crippen molar-refractivity contribution in [2.45, 2.75) is 30.7 Å². The Balaban J connectivity index is 1.87. The summed E-state index contributed by atoms with van der Waals surface area (Å²) in [6.07, 6.45) is 2.30. The average Bonchev–Trinajstić information content (AvgIpc) is 3.51. The Morgan fingerprint density at radius 3 is 2.31 bits per heavy atom. The summed E-state index contributed by atoms with van der Waals surface area (Å²) >= 11 is 0. The third kappa shape index (κ3) is 3.60. The van der Waals surface area contributed by atoms with Crippen LogP contribution in [0, 0.1) is 5.92 Å². The summed E-state index contributed by atoms with van der Waals surface area (Å²) in [5.41, 5.74) is 0.964. The Bertz CT molecular complexity index is 892. The highest BCUT2D eigenvalue weighted by Gasteiger charge is 2.33. The second-order valence-corrected chi connectivity index (χ2v) is 8.80. The van der Waals surface area contributed by atoms with Crippen LogP contribution in [0.3, 0.4) is 0 Å². The molecule has 0 N–H and O–H groups in total. The molecule has 5 nitrogen and oxygen atoms in total. The summed E-state index contributed by atoms with van der Waals surface area (Å²) in [7, 11) is -0.441. The Morgan fingerprint density at radius 2 is 1.69 bits per heavy atom. The predicted molar refractivity (Wildman–Crippen MR) is 103 cm³/mol. The lowest BCUT2D eigenvalue weighted by Gasteiger charge is -2.25. The molecule has 0 saturated heterocycles. The second-order valence-electron chi connectivity index (χ2n) is 6.83. The van der Waals surface area contributed by atoms with Gasteiger partial charge >= 0.3 is 0 Å². The van der Waals surface area contributed by atoms with Gasteiger partial charge in [0.1, 0.15) is 0 Å². The first-order valence-corrected chi connectivity index (χ1v) is 10.2. The summed E-state index contributed by atoms with van der Waals surface area (Å²) in [5.74, 6) is 0.406. The van der Waals surface area contributed by atoms with Gasteiger partial charge in [-0.25, -0.2) is 8.42 Å². The minimum atomic E-state index is -3.74. The van der Waals surface area contributed by atoms with Crippen molar-refractivity contribution >= 4 is 21.6 Å². The van der Waals surface area contributed by atoms with E-state index < -0.39 is 10.0 Å². The van der Waals surface area contributed by atoms with Crippen LogP contribution in [-0.4, -0.2) is 39.4 Å². The number of carbonyl (C=O) groups excluding carboxylic acids is 1. The van der Waals surface area contributed by atoms with Crippen LogP contribution in [0.5, 0.6) is 0 Å². The van der Waals surface area contributed by atoms with Crippen LogP contribution in [0.15, 0.2) is 59.5 Å². The fourth-order valence-corrected chi connectivity index (χ4v) is 4.25. The molecule has 2 aromatic carbocycles. The number of hydrogen-bond acceptors (Lipinski definition) is 3. The van der Waals surface area contributed by atoms with Crippen LogP contribution >= 0.6 is 0 Å². The summed E-state index contributed by atoms with van der Waals surface area (Å²) < 4.78 is 27.1. The molecule has 1 atom stereocenters. The highest BCUT2D eigenvalue weighted by atomic mass is 32.2. The summed E-state index contributed by atoms with van der Waals surface area (Å²) in [6, 6.07) is 15.3. The zero-order valence-electron chi connectivity index (χ0n) is 15.3. The largest absolute Gasteiger partial charge is 0.339 e. The quantitative estimate of drug-likeness (QED) is 0.781. The molecule has 1 fully saturated rings. The molecule has 1 saturated carbocycles. The van der Waals surface area contributed by atoms with E-state index >= 15 is 0 Å². The molecule has 1 amide bonds. The first kappa shape index (κ1) is 18.5. The van der Waals surface area contributed by atoms with Gasteiger partial charge in [-0.15, -0.1) is 0 Å². The van der Waals surface area contributed by atoms with Gasteiger partial charge in [0.05, 0.1) is 10.6 Å². The monoisotopic (exact) mass is 372 g/mol. The zero-order valence-corrected chi connectivity index (χ0v) is 16.1. The van der Waals surface area contributed by atoms with E-state index in [0.29, 0.717) is 17.2 Å². The number of hydrogen-bond donors (Lipinski definition) is 0. The molecule has 138 valence electrons. The van der Waals surface area contributed by atoms with E-state index in [-0.39, 0.29) is 16.8 Å². The molecule has 0 spiro atoms. The van der Waals surface area contributed by atoms with E-state index in [2.05, 4.69) is 0 Å². The minimum Gasteiger partial charge on any atom is -0.339 e. The highest BCUT2D eigenvalue weighted by molar-refractivity contribution is 7.92. The van der Waals surface area contributed by atoms with Crippen LogP contribution in [0.2, 0.25) is 0 Å². The molecule has 1 aliphatic rings. The lowest BCUT2D eigenvalue weighted by Crippen LogP contribution is -2.36. The smallest absolute Gasteiger partial charge is 0.264 e. The molecule has 0 aliphatic heterocycles. The maximum Gasteiger partial charge on any atom is 0.264 e. The van der Waals surface area contributed by atoms with Gasteiger partial charge in [0, 0.05) is 25.7 Å². The van der Waals surface area contributed by atoms with Crippen LogP contribution in [0.4, 0.5) is 5.69 Å². The Morgan fingerprint density at radius 1 is 1.04 bits per heavy atom. The fraction of sp³-hybridized carbons (Fsp3) is 0.350. The Labute approximate surface area is 155 Å². The maximum atomic E-state index is 12.9. The minimum absolute atomic E-state index is 0.113. The normalized spacial score (nSPS) is 15.3. The Hall–Kier alpha value is -2.34. The molecule has 2 aromatic rings. The van der Waals surface area contributed by atoms with E-state index in [9.17, 15) is 13.2 Å². The van der Waals surface area contributed by atoms with Crippen LogP contribution in [-0.2, 0) is 10.0 Å². The van der Waals surface area contributed by atoms with E-state index in [1.54, 1.807) is 48.3 Å². The van der Waals surface area contributed by atoms with Crippen molar-refractivity contribution in [2.24, 2.45) is 5.92 Å². The highest BCUT2D eigenvalue weighted by Crippen LogP contribution is 2.35. The summed E-state index contributed by atoms with van der Waals surface area (Å²) in [6.45, 7) is 2.04. The molecule has 0 bridgehead atoms. The zero-order chi connectivity index (χ0) is 18.9. The lowest BCUT2D eigenvalue weighted by molar-refractivity contribution is 0.0727. The van der Waals surface area contributed by atoms with E-state index in [1.807, 2.05) is 13.0 Å². The van der Waals surface area contributed by atoms with Gasteiger partial charge in [0.25, 0.3) is 15.9 Å². The van der Waals surface area contributed by atoms with Crippen molar-refractivity contribution in [1.82, 2.24) is 4.90 Å². The molecule has 3 rings (SSSR count). The SMILES string of the molecule is CC(C1CC1)N(C)C(=O)c1cccc(S(=O)(=O)N(C)c2ccccc2)c1. The van der Waals surface area contributed by atoms with Crippen LogP contribution in [0.25, 0.3) is 0 Å². The van der Waals surface area contributed by atoms with E-state index in [1.165, 1.54) is 23.5 Å². The third-order valence-electron chi connectivity index (χ3n) is 5.09. The first-order chi connectivity index (χ1) is 12.3. The maximum absolute atomic E-state index is 12.9. The predicted octanol–water partition coefficient (Wildman–Crippen LogP) is 3.38. The number of rotatable bonds is 6. The van der Waals surface area contributed by atoms with Crippen molar-refractivity contribution in [2.75, 3.05) is 18.4 Å². The number of benzene rings is 2. The first-order valence-electron chi connectivity index (χ1n) is 8.73. The number of nitrogens with zero attached hydrogens (tertiary/aromatic N) is 2. The molecule has 26 heavy (non-hydrogen) atoms. The second kappa shape index (κ2) is 7.11. The molecule has 1 aliphatic carbocycles. The van der Waals surface area contributed by atoms with Crippen LogP contribution < -0.4 is 4.31 Å². The van der Waals surface area contributed by atoms with Crippen molar-refractivity contribution in [3.8, 4) is 0 Å². The number of amides is 1. The standard InChI is InChI=1S/C20H24N2O3S/c1-15(16-12-13-16)21(2)20(23)17-8-7-11-19(14-17)26(24,25)22(3)18-9-5-4-6-10-18/h4-11,14-16H,12-13H2,1-3H3. The molecule has 0 radical (unpaired) electrons. The fourth-order valence-electron chi connectivity index (χ4n) is 3.01. The number of para-hydroxylation sites is 1. The number of sulfonamides is 1. The topological polar surface area (TPSA) is 57.7 Å². The number of anilines is 1. The van der Waals surface area contributed by atoms with Gasteiger partial charge in [-0.2, -0.15) is 0 Å². The molecule has 6 heteroatoms. The lowest BCUT2D eigenvalue weighted by atomic mass is 10.1. The average molecular weight is 372 g/mol. The van der Waals surface area contributed by atoms with Gasteiger partial charge in [0.2, 0.25) is 0 Å². The van der Waals surface area contributed by atoms with E-state index in [0.717, 1.165) is 12.8 Å². The van der Waals surface area contributed by atoms with Gasteiger partial charge in [-0.1, -0.05) is 24.3 Å². The Kier molecular flexibility index (Phi) is 5.05. The van der Waals surface area contributed by atoms with Crippen molar-refractivity contribution in [3.05, 3.63) is 60.2 Å². The molecular formula is C20H24N2O3S.